The lowest BCUT2D eigenvalue weighted by molar-refractivity contribution is 0.120. The first kappa shape index (κ1) is 15.2. The molecule has 112 valence electrons. The molecule has 2 fully saturated rings. The van der Waals surface area contributed by atoms with Crippen LogP contribution in [0.15, 0.2) is 0 Å². The number of nitrogens with zero attached hydrogens (tertiary/aromatic N) is 1. The lowest BCUT2D eigenvalue weighted by Crippen LogP contribution is -2.49. The molecule has 19 heavy (non-hydrogen) atoms. The second-order valence-electron chi connectivity index (χ2n) is 5.94. The quantitative estimate of drug-likeness (QED) is 0.822. The van der Waals surface area contributed by atoms with Gasteiger partial charge >= 0.3 is 0 Å². The second kappa shape index (κ2) is 6.52. The van der Waals surface area contributed by atoms with Crippen molar-refractivity contribution in [2.24, 2.45) is 0 Å². The molecule has 2 N–H and O–H groups in total. The molecule has 2 aliphatic carbocycles. The fourth-order valence-electron chi connectivity index (χ4n) is 3.13. The maximum Gasteiger partial charge on any atom is 0.279 e. The molecule has 0 saturated heterocycles. The SMILES string of the molecule is CN(C1CCCCC1)S(=O)(=O)NC1CCC(O)CC1. The van der Waals surface area contributed by atoms with Gasteiger partial charge in [-0.05, 0) is 38.5 Å². The Morgan fingerprint density at radius 2 is 1.58 bits per heavy atom. The van der Waals surface area contributed by atoms with Gasteiger partial charge in [-0.2, -0.15) is 17.4 Å². The minimum Gasteiger partial charge on any atom is -0.393 e. The van der Waals surface area contributed by atoms with E-state index < -0.39 is 10.2 Å². The topological polar surface area (TPSA) is 69.6 Å². The van der Waals surface area contributed by atoms with Crippen molar-refractivity contribution < 1.29 is 13.5 Å². The number of nitrogens with one attached hydrogen (secondary N) is 1. The van der Waals surface area contributed by atoms with Crippen LogP contribution < -0.4 is 4.72 Å². The molecule has 0 aromatic rings. The zero-order valence-electron chi connectivity index (χ0n) is 11.7. The summed E-state index contributed by atoms with van der Waals surface area (Å²) in [6.45, 7) is 0. The highest BCUT2D eigenvalue weighted by Crippen LogP contribution is 2.24. The highest BCUT2D eigenvalue weighted by Gasteiger charge is 2.30. The normalized spacial score (nSPS) is 30.7. The molecular weight excluding hydrogens is 264 g/mol. The van der Waals surface area contributed by atoms with Crippen LogP contribution in [-0.2, 0) is 10.2 Å². The molecular formula is C13H26N2O3S. The smallest absolute Gasteiger partial charge is 0.279 e. The van der Waals surface area contributed by atoms with Gasteiger partial charge in [0.05, 0.1) is 6.10 Å². The van der Waals surface area contributed by atoms with E-state index in [1.807, 2.05) is 0 Å². The Balaban J connectivity index is 1.89. The van der Waals surface area contributed by atoms with Crippen LogP contribution in [0.2, 0.25) is 0 Å². The second-order valence-corrected chi connectivity index (χ2v) is 7.70. The summed E-state index contributed by atoms with van der Waals surface area (Å²) in [6.07, 6.45) is 8.02. The summed E-state index contributed by atoms with van der Waals surface area (Å²) in [4.78, 5) is 0. The molecule has 0 amide bonds. The summed E-state index contributed by atoms with van der Waals surface area (Å²) in [5.74, 6) is 0. The van der Waals surface area contributed by atoms with Crippen molar-refractivity contribution in [3.63, 3.8) is 0 Å². The third kappa shape index (κ3) is 4.15. The van der Waals surface area contributed by atoms with Gasteiger partial charge < -0.3 is 5.11 Å². The molecule has 2 rings (SSSR count). The molecule has 2 aliphatic rings. The van der Waals surface area contributed by atoms with E-state index in [-0.39, 0.29) is 18.2 Å². The standard InChI is InChI=1S/C13H26N2O3S/c1-15(12-5-3-2-4-6-12)19(17,18)14-11-7-9-13(16)10-8-11/h11-14,16H,2-10H2,1H3. The first-order valence-electron chi connectivity index (χ1n) is 7.42. The van der Waals surface area contributed by atoms with Crippen LogP contribution in [0, 0.1) is 0 Å². The summed E-state index contributed by atoms with van der Waals surface area (Å²) in [6, 6.07) is 0.139. The number of rotatable bonds is 4. The van der Waals surface area contributed by atoms with Crippen LogP contribution in [0.1, 0.15) is 57.8 Å². The van der Waals surface area contributed by atoms with Crippen LogP contribution in [0.25, 0.3) is 0 Å². The predicted octanol–water partition coefficient (Wildman–Crippen LogP) is 1.39. The molecule has 2 saturated carbocycles. The average molecular weight is 290 g/mol. The molecule has 0 aromatic heterocycles. The van der Waals surface area contributed by atoms with Crippen LogP contribution in [0.3, 0.4) is 0 Å². The van der Waals surface area contributed by atoms with Crippen molar-refractivity contribution >= 4 is 10.2 Å². The van der Waals surface area contributed by atoms with Gasteiger partial charge in [-0.15, -0.1) is 0 Å². The first-order chi connectivity index (χ1) is 8.99. The van der Waals surface area contributed by atoms with E-state index in [2.05, 4.69) is 4.72 Å². The zero-order chi connectivity index (χ0) is 13.9. The highest BCUT2D eigenvalue weighted by molar-refractivity contribution is 7.87. The van der Waals surface area contributed by atoms with Gasteiger partial charge in [0.15, 0.2) is 0 Å². The maximum absolute atomic E-state index is 12.3. The Morgan fingerprint density at radius 3 is 2.16 bits per heavy atom. The number of aliphatic hydroxyl groups is 1. The molecule has 6 heteroatoms. The third-order valence-corrected chi connectivity index (χ3v) is 6.17. The van der Waals surface area contributed by atoms with Gasteiger partial charge in [0.1, 0.15) is 0 Å². The zero-order valence-corrected chi connectivity index (χ0v) is 12.5. The van der Waals surface area contributed by atoms with Gasteiger partial charge in [0, 0.05) is 19.1 Å². The van der Waals surface area contributed by atoms with E-state index in [0.29, 0.717) is 12.8 Å². The molecule has 0 aliphatic heterocycles. The number of aliphatic hydroxyl groups excluding tert-OH is 1. The number of hydrogen-bond donors (Lipinski definition) is 2. The molecule has 0 heterocycles. The minimum atomic E-state index is -3.38. The van der Waals surface area contributed by atoms with Crippen molar-refractivity contribution in [2.75, 3.05) is 7.05 Å². The summed E-state index contributed by atoms with van der Waals surface area (Å²) < 4.78 is 29.0. The van der Waals surface area contributed by atoms with Crippen molar-refractivity contribution in [3.05, 3.63) is 0 Å². The van der Waals surface area contributed by atoms with Gasteiger partial charge in [0.2, 0.25) is 0 Å². The fourth-order valence-corrected chi connectivity index (χ4v) is 4.55. The maximum atomic E-state index is 12.3. The summed E-state index contributed by atoms with van der Waals surface area (Å²) >= 11 is 0. The van der Waals surface area contributed by atoms with Crippen LogP contribution in [0.4, 0.5) is 0 Å². The van der Waals surface area contributed by atoms with Gasteiger partial charge in [-0.1, -0.05) is 19.3 Å². The highest BCUT2D eigenvalue weighted by atomic mass is 32.2. The van der Waals surface area contributed by atoms with E-state index in [9.17, 15) is 13.5 Å². The van der Waals surface area contributed by atoms with Gasteiger partial charge in [-0.3, -0.25) is 0 Å². The van der Waals surface area contributed by atoms with Crippen molar-refractivity contribution in [1.82, 2.24) is 9.03 Å². The molecule has 5 nitrogen and oxygen atoms in total. The minimum absolute atomic E-state index is 0.0144. The molecule has 0 aromatic carbocycles. The number of hydrogen-bond acceptors (Lipinski definition) is 3. The first-order valence-corrected chi connectivity index (χ1v) is 8.86. The summed E-state index contributed by atoms with van der Waals surface area (Å²) in [5, 5.41) is 9.45. The molecule has 0 bridgehead atoms. The Bertz CT molecular complexity index is 371. The molecule has 0 unspecified atom stereocenters. The van der Waals surface area contributed by atoms with Gasteiger partial charge in [0.25, 0.3) is 10.2 Å². The molecule has 0 radical (unpaired) electrons. The molecule has 0 spiro atoms. The predicted molar refractivity (Wildman–Crippen MR) is 75.0 cm³/mol. The van der Waals surface area contributed by atoms with E-state index in [1.165, 1.54) is 10.7 Å². The largest absolute Gasteiger partial charge is 0.393 e. The lowest BCUT2D eigenvalue weighted by Gasteiger charge is -2.33. The Kier molecular flexibility index (Phi) is 5.22. The Labute approximate surface area is 116 Å². The van der Waals surface area contributed by atoms with Crippen molar-refractivity contribution in [1.29, 1.82) is 0 Å². The van der Waals surface area contributed by atoms with Crippen LogP contribution >= 0.6 is 0 Å². The summed E-state index contributed by atoms with van der Waals surface area (Å²) in [7, 11) is -1.68. The third-order valence-electron chi connectivity index (χ3n) is 4.48. The van der Waals surface area contributed by atoms with E-state index >= 15 is 0 Å². The Morgan fingerprint density at radius 1 is 1.00 bits per heavy atom. The lowest BCUT2D eigenvalue weighted by atomic mass is 9.94. The van der Waals surface area contributed by atoms with E-state index in [1.54, 1.807) is 7.05 Å². The van der Waals surface area contributed by atoms with Crippen molar-refractivity contribution in [3.8, 4) is 0 Å². The van der Waals surface area contributed by atoms with E-state index in [0.717, 1.165) is 38.5 Å². The molecule has 0 atom stereocenters. The average Bonchev–Trinajstić information content (AvgIpc) is 2.41. The van der Waals surface area contributed by atoms with Crippen LogP contribution in [-0.4, -0.2) is 43.1 Å². The summed E-state index contributed by atoms with van der Waals surface area (Å²) in [5.41, 5.74) is 0. The fraction of sp³-hybridized carbons (Fsp3) is 1.00. The van der Waals surface area contributed by atoms with E-state index in [4.69, 9.17) is 0 Å². The monoisotopic (exact) mass is 290 g/mol. The van der Waals surface area contributed by atoms with Crippen molar-refractivity contribution in [2.45, 2.75) is 76.0 Å². The van der Waals surface area contributed by atoms with Gasteiger partial charge in [-0.25, -0.2) is 0 Å². The Hall–Kier alpha value is -0.170. The van der Waals surface area contributed by atoms with Crippen LogP contribution in [0.5, 0.6) is 0 Å².